The molecular weight excluding hydrogens is 128 g/mol. The topological polar surface area (TPSA) is 26.7 Å². The molecule has 0 aliphatic rings. The number of hydrazine groups is 1. The lowest BCUT2D eigenvalue weighted by atomic mass is 10.4. The van der Waals surface area contributed by atoms with Crippen LogP contribution in [0.2, 0.25) is 0 Å². The molecule has 0 aliphatic heterocycles. The van der Waals surface area contributed by atoms with Gasteiger partial charge in [-0.3, -0.25) is 0 Å². The predicted molar refractivity (Wildman–Crippen MR) is 42.6 cm³/mol. The van der Waals surface area contributed by atoms with Crippen LogP contribution in [-0.4, -0.2) is 48.9 Å². The molecule has 1 N–H and O–H groups in total. The van der Waals surface area contributed by atoms with E-state index in [1.807, 2.05) is 14.1 Å². The van der Waals surface area contributed by atoms with Crippen molar-refractivity contribution in [1.29, 1.82) is 0 Å². The Labute approximate surface area is 63.2 Å². The van der Waals surface area contributed by atoms with E-state index in [1.165, 1.54) is 0 Å². The van der Waals surface area contributed by atoms with Gasteiger partial charge >= 0.3 is 0 Å². The molecule has 62 valence electrons. The Balaban J connectivity index is 3.31. The van der Waals surface area contributed by atoms with Crippen molar-refractivity contribution in [3.05, 3.63) is 0 Å². The molecule has 0 heterocycles. The molecule has 0 fully saturated rings. The van der Waals surface area contributed by atoms with E-state index >= 15 is 0 Å². The summed E-state index contributed by atoms with van der Waals surface area (Å²) < 4.78 is 0. The molecule has 0 aliphatic carbocycles. The van der Waals surface area contributed by atoms with Crippen molar-refractivity contribution in [3.8, 4) is 0 Å². The molecule has 0 amide bonds. The summed E-state index contributed by atoms with van der Waals surface area (Å²) in [6.07, 6.45) is 0.848. The number of rotatable bonds is 5. The zero-order valence-corrected chi connectivity index (χ0v) is 7.17. The third-order valence-electron chi connectivity index (χ3n) is 1.68. The zero-order valence-electron chi connectivity index (χ0n) is 7.17. The molecule has 0 saturated carbocycles. The second-order valence-corrected chi connectivity index (χ2v) is 2.43. The molecule has 0 spiro atoms. The Morgan fingerprint density at radius 1 is 1.20 bits per heavy atom. The molecule has 0 unspecified atom stereocenters. The van der Waals surface area contributed by atoms with Gasteiger partial charge in [0.15, 0.2) is 0 Å². The number of hydrogen-bond acceptors (Lipinski definition) is 3. The van der Waals surface area contributed by atoms with E-state index in [2.05, 4.69) is 16.9 Å². The van der Waals surface area contributed by atoms with Gasteiger partial charge in [0.1, 0.15) is 0 Å². The Bertz CT molecular complexity index is 78.0. The lowest BCUT2D eigenvalue weighted by Gasteiger charge is -2.26. The van der Waals surface area contributed by atoms with Crippen LogP contribution >= 0.6 is 0 Å². The summed E-state index contributed by atoms with van der Waals surface area (Å²) in [7, 11) is 4.07. The molecule has 3 nitrogen and oxygen atoms in total. The SMILES string of the molecule is CCN(C)N(C)CCCO. The fourth-order valence-electron chi connectivity index (χ4n) is 0.712. The first-order chi connectivity index (χ1) is 4.72. The van der Waals surface area contributed by atoms with Crippen LogP contribution in [0.15, 0.2) is 0 Å². The van der Waals surface area contributed by atoms with E-state index in [0.717, 1.165) is 19.5 Å². The number of nitrogens with zero attached hydrogens (tertiary/aromatic N) is 2. The summed E-state index contributed by atoms with van der Waals surface area (Å²) in [6.45, 7) is 4.33. The molecule has 10 heavy (non-hydrogen) atoms. The van der Waals surface area contributed by atoms with Gasteiger partial charge in [0.05, 0.1) is 0 Å². The van der Waals surface area contributed by atoms with Crippen molar-refractivity contribution in [2.45, 2.75) is 13.3 Å². The van der Waals surface area contributed by atoms with Crippen LogP contribution in [0.1, 0.15) is 13.3 Å². The summed E-state index contributed by atoms with van der Waals surface area (Å²) in [6, 6.07) is 0. The van der Waals surface area contributed by atoms with E-state index in [-0.39, 0.29) is 6.61 Å². The molecule has 3 heteroatoms. The lowest BCUT2D eigenvalue weighted by molar-refractivity contribution is 0.0275. The minimum atomic E-state index is 0.280. The van der Waals surface area contributed by atoms with Crippen molar-refractivity contribution in [2.24, 2.45) is 0 Å². The zero-order chi connectivity index (χ0) is 7.98. The highest BCUT2D eigenvalue weighted by Gasteiger charge is 2.00. The summed E-state index contributed by atoms with van der Waals surface area (Å²) in [5.41, 5.74) is 0. The van der Waals surface area contributed by atoms with Crippen LogP contribution in [0.3, 0.4) is 0 Å². The molecule has 0 atom stereocenters. The van der Waals surface area contributed by atoms with Gasteiger partial charge in [0.2, 0.25) is 0 Å². The maximum atomic E-state index is 8.52. The van der Waals surface area contributed by atoms with Crippen molar-refractivity contribution in [3.63, 3.8) is 0 Å². The van der Waals surface area contributed by atoms with Gasteiger partial charge in [0, 0.05) is 33.8 Å². The molecule has 0 rings (SSSR count). The van der Waals surface area contributed by atoms with E-state index in [4.69, 9.17) is 5.11 Å². The Hall–Kier alpha value is -0.120. The Morgan fingerprint density at radius 3 is 2.20 bits per heavy atom. The van der Waals surface area contributed by atoms with Crippen LogP contribution in [-0.2, 0) is 0 Å². The maximum absolute atomic E-state index is 8.52. The fraction of sp³-hybridized carbons (Fsp3) is 1.00. The number of aliphatic hydroxyl groups is 1. The molecule has 0 aromatic rings. The molecule has 0 aromatic carbocycles. The van der Waals surface area contributed by atoms with E-state index < -0.39 is 0 Å². The van der Waals surface area contributed by atoms with Crippen LogP contribution in [0.5, 0.6) is 0 Å². The second-order valence-electron chi connectivity index (χ2n) is 2.43. The van der Waals surface area contributed by atoms with Crippen LogP contribution in [0.25, 0.3) is 0 Å². The minimum absolute atomic E-state index is 0.280. The summed E-state index contributed by atoms with van der Waals surface area (Å²) >= 11 is 0. The van der Waals surface area contributed by atoms with Crippen LogP contribution < -0.4 is 0 Å². The normalized spacial score (nSPS) is 11.4. The minimum Gasteiger partial charge on any atom is -0.396 e. The Kier molecular flexibility index (Phi) is 5.58. The fourth-order valence-corrected chi connectivity index (χ4v) is 0.712. The maximum Gasteiger partial charge on any atom is 0.0443 e. The average Bonchev–Trinajstić information content (AvgIpc) is 1.98. The molecule has 0 bridgehead atoms. The largest absolute Gasteiger partial charge is 0.396 e. The van der Waals surface area contributed by atoms with Crippen molar-refractivity contribution in [1.82, 2.24) is 10.0 Å². The predicted octanol–water partition coefficient (Wildman–Crippen LogP) is 0.167. The van der Waals surface area contributed by atoms with Crippen LogP contribution in [0.4, 0.5) is 0 Å². The van der Waals surface area contributed by atoms with Crippen molar-refractivity contribution >= 4 is 0 Å². The van der Waals surface area contributed by atoms with Gasteiger partial charge in [-0.25, -0.2) is 10.0 Å². The van der Waals surface area contributed by atoms with Gasteiger partial charge in [0.25, 0.3) is 0 Å². The van der Waals surface area contributed by atoms with Crippen LogP contribution in [0, 0.1) is 0 Å². The summed E-state index contributed by atoms with van der Waals surface area (Å²) in [4.78, 5) is 0. The van der Waals surface area contributed by atoms with Gasteiger partial charge in [-0.2, -0.15) is 0 Å². The van der Waals surface area contributed by atoms with Gasteiger partial charge in [-0.1, -0.05) is 6.92 Å². The second kappa shape index (κ2) is 5.65. The first-order valence-electron chi connectivity index (χ1n) is 3.75. The molecule has 0 radical (unpaired) electrons. The smallest absolute Gasteiger partial charge is 0.0443 e. The highest BCUT2D eigenvalue weighted by Crippen LogP contribution is 1.90. The standard InChI is InChI=1S/C7H18N2O/c1-4-8(2)9(3)6-5-7-10/h10H,4-7H2,1-3H3. The third kappa shape index (κ3) is 3.82. The van der Waals surface area contributed by atoms with Gasteiger partial charge in [-0.15, -0.1) is 0 Å². The van der Waals surface area contributed by atoms with Gasteiger partial charge in [-0.05, 0) is 6.42 Å². The van der Waals surface area contributed by atoms with Crippen molar-refractivity contribution in [2.75, 3.05) is 33.8 Å². The number of aliphatic hydroxyl groups excluding tert-OH is 1. The van der Waals surface area contributed by atoms with Crippen molar-refractivity contribution < 1.29 is 5.11 Å². The Morgan fingerprint density at radius 2 is 1.80 bits per heavy atom. The monoisotopic (exact) mass is 146 g/mol. The first-order valence-corrected chi connectivity index (χ1v) is 3.75. The summed E-state index contributed by atoms with van der Waals surface area (Å²) in [5, 5.41) is 12.8. The molecule has 0 saturated heterocycles. The quantitative estimate of drug-likeness (QED) is 0.560. The average molecular weight is 146 g/mol. The van der Waals surface area contributed by atoms with Gasteiger partial charge < -0.3 is 5.11 Å². The molecule has 0 aromatic heterocycles. The highest BCUT2D eigenvalue weighted by molar-refractivity contribution is 4.45. The third-order valence-corrected chi connectivity index (χ3v) is 1.68. The van der Waals surface area contributed by atoms with E-state index in [0.29, 0.717) is 0 Å². The highest BCUT2D eigenvalue weighted by atomic mass is 16.3. The lowest BCUT2D eigenvalue weighted by Crippen LogP contribution is -2.37. The van der Waals surface area contributed by atoms with E-state index in [1.54, 1.807) is 0 Å². The molecular formula is C7H18N2O. The summed E-state index contributed by atoms with van der Waals surface area (Å²) in [5.74, 6) is 0. The first kappa shape index (κ1) is 9.88. The number of hydrogen-bond donors (Lipinski definition) is 1. The van der Waals surface area contributed by atoms with E-state index in [9.17, 15) is 0 Å².